The van der Waals surface area contributed by atoms with E-state index in [-0.39, 0.29) is 0 Å². The van der Waals surface area contributed by atoms with Gasteiger partial charge in [-0.2, -0.15) is 0 Å². The van der Waals surface area contributed by atoms with Gasteiger partial charge in [0.15, 0.2) is 0 Å². The first-order chi connectivity index (χ1) is 11.8. The Morgan fingerprint density at radius 1 is 0.760 bits per heavy atom. The minimum atomic E-state index is -1.47. The number of hydrogen-bond acceptors (Lipinski definition) is 3. The second-order valence-corrected chi connectivity index (χ2v) is 16.1. The summed E-state index contributed by atoms with van der Waals surface area (Å²) in [6.45, 7) is 25.4. The molecule has 0 rings (SSSR count). The Bertz CT molecular complexity index is 297. The molecule has 5 heteroatoms. The standard InChI is InChI=1S/C20H47NO2Si2/c1-10-21(25(18(4)5,19(6)7)20(8)9)16-14-13-15-17-24(22-11-2)23-12-3/h18-20,24H,10-17H2,1-9H3. The Morgan fingerprint density at radius 3 is 1.60 bits per heavy atom. The molecule has 0 bridgehead atoms. The first kappa shape index (κ1) is 25.3. The van der Waals surface area contributed by atoms with Crippen LogP contribution in [0.2, 0.25) is 22.7 Å². The van der Waals surface area contributed by atoms with Gasteiger partial charge in [0.05, 0.1) is 0 Å². The Kier molecular flexibility index (Phi) is 13.6. The molecule has 0 amide bonds. The average Bonchev–Trinajstić information content (AvgIpc) is 2.52. The van der Waals surface area contributed by atoms with Gasteiger partial charge in [0, 0.05) is 13.2 Å². The molecule has 0 aromatic rings. The third kappa shape index (κ3) is 7.45. The van der Waals surface area contributed by atoms with E-state index in [2.05, 4.69) is 66.9 Å². The van der Waals surface area contributed by atoms with Gasteiger partial charge in [-0.25, -0.2) is 0 Å². The SMILES string of the molecule is CCO[SiH](CCCCCN(CC)[Si](C(C)C)(C(C)C)C(C)C)OCC. The van der Waals surface area contributed by atoms with Crippen LogP contribution in [0.1, 0.15) is 81.6 Å². The maximum absolute atomic E-state index is 5.79. The molecule has 0 fully saturated rings. The van der Waals surface area contributed by atoms with Crippen molar-refractivity contribution in [2.75, 3.05) is 26.3 Å². The van der Waals surface area contributed by atoms with Crippen LogP contribution in [0, 0.1) is 0 Å². The second kappa shape index (κ2) is 13.5. The predicted molar refractivity (Wildman–Crippen MR) is 117 cm³/mol. The summed E-state index contributed by atoms with van der Waals surface area (Å²) in [5.74, 6) is 0. The largest absolute Gasteiger partial charge is 0.397 e. The maximum atomic E-state index is 5.79. The Hall–Kier alpha value is 0.314. The van der Waals surface area contributed by atoms with E-state index in [0.717, 1.165) is 35.9 Å². The quantitative estimate of drug-likeness (QED) is 0.255. The molecule has 0 saturated heterocycles. The molecule has 0 aromatic heterocycles. The highest BCUT2D eigenvalue weighted by molar-refractivity contribution is 6.80. The van der Waals surface area contributed by atoms with E-state index >= 15 is 0 Å². The van der Waals surface area contributed by atoms with E-state index in [9.17, 15) is 0 Å². The summed E-state index contributed by atoms with van der Waals surface area (Å²) >= 11 is 0. The highest BCUT2D eigenvalue weighted by Crippen LogP contribution is 2.43. The highest BCUT2D eigenvalue weighted by Gasteiger charge is 2.47. The monoisotopic (exact) mass is 389 g/mol. The van der Waals surface area contributed by atoms with Crippen LogP contribution in [0.3, 0.4) is 0 Å². The minimum absolute atomic E-state index is 0.797. The second-order valence-electron chi connectivity index (χ2n) is 8.12. The topological polar surface area (TPSA) is 21.7 Å². The molecule has 0 N–H and O–H groups in total. The van der Waals surface area contributed by atoms with Crippen molar-refractivity contribution in [2.24, 2.45) is 0 Å². The lowest BCUT2D eigenvalue weighted by Gasteiger charge is -2.51. The summed E-state index contributed by atoms with van der Waals surface area (Å²) in [7, 11) is -2.87. The van der Waals surface area contributed by atoms with Crippen molar-refractivity contribution in [3.8, 4) is 0 Å². The molecule has 152 valence electrons. The molecule has 0 saturated carbocycles. The van der Waals surface area contributed by atoms with Crippen LogP contribution >= 0.6 is 0 Å². The van der Waals surface area contributed by atoms with Crippen molar-refractivity contribution in [1.82, 2.24) is 4.57 Å². The van der Waals surface area contributed by atoms with E-state index in [1.165, 1.54) is 32.4 Å². The van der Waals surface area contributed by atoms with Gasteiger partial charge < -0.3 is 13.4 Å². The molecule has 0 aliphatic carbocycles. The van der Waals surface area contributed by atoms with Gasteiger partial charge in [-0.15, -0.1) is 0 Å². The zero-order valence-corrected chi connectivity index (χ0v) is 20.9. The van der Waals surface area contributed by atoms with Crippen molar-refractivity contribution >= 4 is 17.5 Å². The third-order valence-electron chi connectivity index (χ3n) is 5.78. The first-order valence-corrected chi connectivity index (χ1v) is 14.7. The van der Waals surface area contributed by atoms with Crippen molar-refractivity contribution in [3.63, 3.8) is 0 Å². The van der Waals surface area contributed by atoms with Gasteiger partial charge in [-0.3, -0.25) is 0 Å². The lowest BCUT2D eigenvalue weighted by molar-refractivity contribution is 0.212. The first-order valence-electron chi connectivity index (χ1n) is 10.8. The van der Waals surface area contributed by atoms with Crippen LogP contribution in [0.4, 0.5) is 0 Å². The summed E-state index contributed by atoms with van der Waals surface area (Å²) in [5, 5.41) is 0. The Balaban J connectivity index is 4.62. The molecule has 0 radical (unpaired) electrons. The minimum Gasteiger partial charge on any atom is -0.397 e. The molecule has 0 aromatic carbocycles. The molecule has 25 heavy (non-hydrogen) atoms. The van der Waals surface area contributed by atoms with Gasteiger partial charge in [0.1, 0.15) is 8.24 Å². The van der Waals surface area contributed by atoms with Crippen LogP contribution in [-0.2, 0) is 8.85 Å². The zero-order valence-electron chi connectivity index (χ0n) is 18.7. The summed E-state index contributed by atoms with van der Waals surface area (Å²) in [6, 6.07) is 1.16. The molecular formula is C20H47NO2Si2. The van der Waals surface area contributed by atoms with Gasteiger partial charge in [-0.1, -0.05) is 61.3 Å². The summed E-state index contributed by atoms with van der Waals surface area (Å²) in [4.78, 5) is 0. The number of nitrogens with zero attached hydrogens (tertiary/aromatic N) is 1. The summed E-state index contributed by atoms with van der Waals surface area (Å²) < 4.78 is 14.5. The van der Waals surface area contributed by atoms with Crippen molar-refractivity contribution in [2.45, 2.75) is 104 Å². The van der Waals surface area contributed by atoms with E-state index < -0.39 is 17.5 Å². The van der Waals surface area contributed by atoms with Crippen molar-refractivity contribution < 1.29 is 8.85 Å². The number of unbranched alkanes of at least 4 members (excludes halogenated alkanes) is 2. The molecule has 0 atom stereocenters. The Morgan fingerprint density at radius 2 is 1.24 bits per heavy atom. The highest BCUT2D eigenvalue weighted by atomic mass is 28.3. The number of hydrogen-bond donors (Lipinski definition) is 0. The van der Waals surface area contributed by atoms with Gasteiger partial charge in [0.25, 0.3) is 0 Å². The lowest BCUT2D eigenvalue weighted by atomic mass is 10.2. The molecule has 0 unspecified atom stereocenters. The smallest absolute Gasteiger partial charge is 0.321 e. The van der Waals surface area contributed by atoms with Crippen LogP contribution in [0.25, 0.3) is 0 Å². The molecule has 0 spiro atoms. The maximum Gasteiger partial charge on any atom is 0.321 e. The average molecular weight is 390 g/mol. The molecular weight excluding hydrogens is 342 g/mol. The van der Waals surface area contributed by atoms with Crippen molar-refractivity contribution in [1.29, 1.82) is 0 Å². The van der Waals surface area contributed by atoms with Crippen LogP contribution in [0.15, 0.2) is 0 Å². The van der Waals surface area contributed by atoms with Crippen LogP contribution in [0.5, 0.6) is 0 Å². The molecule has 3 nitrogen and oxygen atoms in total. The zero-order chi connectivity index (χ0) is 19.5. The van der Waals surface area contributed by atoms with Gasteiger partial charge in [-0.05, 0) is 56.0 Å². The van der Waals surface area contributed by atoms with E-state index in [0.29, 0.717) is 0 Å². The fourth-order valence-electron chi connectivity index (χ4n) is 5.10. The van der Waals surface area contributed by atoms with Crippen LogP contribution < -0.4 is 0 Å². The lowest BCUT2D eigenvalue weighted by Crippen LogP contribution is -2.60. The van der Waals surface area contributed by atoms with Crippen molar-refractivity contribution in [3.05, 3.63) is 0 Å². The van der Waals surface area contributed by atoms with E-state index in [1.54, 1.807) is 0 Å². The fraction of sp³-hybridized carbons (Fsp3) is 1.00. The summed E-state index contributed by atoms with van der Waals surface area (Å²) in [6.07, 6.45) is 3.88. The van der Waals surface area contributed by atoms with E-state index in [4.69, 9.17) is 8.85 Å². The Labute approximate surface area is 161 Å². The van der Waals surface area contributed by atoms with E-state index in [1.807, 2.05) is 0 Å². The third-order valence-corrected chi connectivity index (χ3v) is 15.3. The number of rotatable bonds is 15. The molecule has 0 aliphatic rings. The van der Waals surface area contributed by atoms with Gasteiger partial charge in [0.2, 0.25) is 0 Å². The molecule has 0 aliphatic heterocycles. The fourth-order valence-corrected chi connectivity index (χ4v) is 14.2. The predicted octanol–water partition coefficient (Wildman–Crippen LogP) is 5.95. The summed E-state index contributed by atoms with van der Waals surface area (Å²) in [5.41, 5.74) is 2.42. The normalized spacial score (nSPS) is 13.2. The molecule has 0 heterocycles. The van der Waals surface area contributed by atoms with Crippen LogP contribution in [-0.4, -0.2) is 48.4 Å². The van der Waals surface area contributed by atoms with Gasteiger partial charge >= 0.3 is 9.28 Å².